The highest BCUT2D eigenvalue weighted by atomic mass is 35.5. The van der Waals surface area contributed by atoms with E-state index in [1.165, 1.54) is 6.07 Å². The van der Waals surface area contributed by atoms with Gasteiger partial charge in [-0.3, -0.25) is 0 Å². The summed E-state index contributed by atoms with van der Waals surface area (Å²) in [5.74, 6) is 0.380. The molecule has 0 radical (unpaired) electrons. The molecule has 2 unspecified atom stereocenters. The first-order valence-electron chi connectivity index (χ1n) is 9.06. The van der Waals surface area contributed by atoms with Crippen LogP contribution in [-0.4, -0.2) is 25.7 Å². The van der Waals surface area contributed by atoms with Crippen molar-refractivity contribution in [3.05, 3.63) is 52.8 Å². The fourth-order valence-electron chi connectivity index (χ4n) is 4.49. The average Bonchev–Trinajstić information content (AvgIpc) is 2.62. The van der Waals surface area contributed by atoms with Crippen molar-refractivity contribution in [3.63, 3.8) is 0 Å². The molecule has 134 valence electrons. The summed E-state index contributed by atoms with van der Waals surface area (Å²) in [5, 5.41) is 7.11. The molecule has 2 aliphatic heterocycles. The SMILES string of the molecule is CNCC1CC[C@@H]2[C@H](O1)c1cc(Cl)cc(F)c1N[C@H]2C1C=CC=CC1. The number of rotatable bonds is 3. The van der Waals surface area contributed by atoms with E-state index in [-0.39, 0.29) is 24.1 Å². The minimum absolute atomic E-state index is 0.110. The molecule has 1 aromatic carbocycles. The van der Waals surface area contributed by atoms with E-state index in [0.29, 0.717) is 22.5 Å². The number of likely N-dealkylation sites (N-methyl/N-ethyl adjacent to an activating group) is 1. The molecule has 0 saturated carbocycles. The maximum atomic E-state index is 14.6. The van der Waals surface area contributed by atoms with E-state index in [1.54, 1.807) is 0 Å². The predicted octanol–water partition coefficient (Wildman–Crippen LogP) is 4.46. The Kier molecular flexibility index (Phi) is 4.85. The number of hydrogen-bond donors (Lipinski definition) is 2. The Morgan fingerprint density at radius 2 is 2.20 bits per heavy atom. The van der Waals surface area contributed by atoms with Gasteiger partial charge < -0.3 is 15.4 Å². The van der Waals surface area contributed by atoms with Crippen molar-refractivity contribution in [2.24, 2.45) is 11.8 Å². The highest BCUT2D eigenvalue weighted by Gasteiger charge is 2.44. The first-order valence-corrected chi connectivity index (χ1v) is 9.44. The standard InChI is InChI=1S/C20H24ClFN2O/c1-23-11-14-7-8-15-18(12-5-3-2-4-6-12)24-19-16(20(15)25-14)9-13(21)10-17(19)22/h2-5,9-10,12,14-15,18,20,23-24H,6-8,11H2,1H3/t12?,14?,15-,18-,20-/m0/s1. The van der Waals surface area contributed by atoms with Crippen LogP contribution in [0.25, 0.3) is 0 Å². The van der Waals surface area contributed by atoms with Crippen LogP contribution in [0.15, 0.2) is 36.4 Å². The van der Waals surface area contributed by atoms with Gasteiger partial charge in [0.15, 0.2) is 0 Å². The van der Waals surface area contributed by atoms with Gasteiger partial charge in [0.2, 0.25) is 0 Å². The van der Waals surface area contributed by atoms with Gasteiger partial charge in [0.1, 0.15) is 5.82 Å². The summed E-state index contributed by atoms with van der Waals surface area (Å²) < 4.78 is 21.0. The second kappa shape index (κ2) is 7.10. The number of anilines is 1. The topological polar surface area (TPSA) is 33.3 Å². The van der Waals surface area contributed by atoms with Crippen LogP contribution in [0.4, 0.5) is 10.1 Å². The van der Waals surface area contributed by atoms with E-state index in [4.69, 9.17) is 16.3 Å². The molecule has 3 aliphatic rings. The summed E-state index contributed by atoms with van der Waals surface area (Å²) in [5.41, 5.74) is 1.42. The van der Waals surface area contributed by atoms with Gasteiger partial charge >= 0.3 is 0 Å². The average molecular weight is 363 g/mol. The Morgan fingerprint density at radius 3 is 2.96 bits per heavy atom. The zero-order chi connectivity index (χ0) is 17.4. The van der Waals surface area contributed by atoms with E-state index in [2.05, 4.69) is 34.9 Å². The van der Waals surface area contributed by atoms with Crippen LogP contribution < -0.4 is 10.6 Å². The fraction of sp³-hybridized carbons (Fsp3) is 0.500. The molecule has 5 atom stereocenters. The third kappa shape index (κ3) is 3.23. The number of benzene rings is 1. The summed E-state index contributed by atoms with van der Waals surface area (Å²) in [6, 6.07) is 3.42. The van der Waals surface area contributed by atoms with Gasteiger partial charge in [0.25, 0.3) is 0 Å². The molecule has 0 bridgehead atoms. The maximum Gasteiger partial charge on any atom is 0.148 e. The minimum atomic E-state index is -0.291. The molecule has 1 aromatic rings. The molecule has 2 N–H and O–H groups in total. The number of nitrogens with one attached hydrogen (secondary N) is 2. The molecule has 2 heterocycles. The number of hydrogen-bond acceptors (Lipinski definition) is 3. The van der Waals surface area contributed by atoms with E-state index in [0.717, 1.165) is 31.4 Å². The Balaban J connectivity index is 1.71. The van der Waals surface area contributed by atoms with Crippen LogP contribution >= 0.6 is 11.6 Å². The molecule has 0 amide bonds. The fourth-order valence-corrected chi connectivity index (χ4v) is 4.70. The van der Waals surface area contributed by atoms with Crippen molar-refractivity contribution in [2.75, 3.05) is 18.9 Å². The van der Waals surface area contributed by atoms with Crippen molar-refractivity contribution in [1.82, 2.24) is 5.32 Å². The molecular weight excluding hydrogens is 339 g/mol. The Labute approximate surface area is 153 Å². The first kappa shape index (κ1) is 17.1. The number of fused-ring (bicyclic) bond motifs is 3. The van der Waals surface area contributed by atoms with Crippen LogP contribution in [0.1, 0.15) is 30.9 Å². The lowest BCUT2D eigenvalue weighted by Crippen LogP contribution is -2.48. The lowest BCUT2D eigenvalue weighted by molar-refractivity contribution is -0.0935. The normalized spacial score (nSPS) is 33.5. The Bertz CT molecular complexity index is 705. The second-order valence-corrected chi connectivity index (χ2v) is 7.65. The van der Waals surface area contributed by atoms with Crippen molar-refractivity contribution >= 4 is 17.3 Å². The van der Waals surface area contributed by atoms with Gasteiger partial charge in [-0.25, -0.2) is 4.39 Å². The molecular formula is C20H24ClFN2O. The van der Waals surface area contributed by atoms with Crippen LogP contribution in [0.5, 0.6) is 0 Å². The second-order valence-electron chi connectivity index (χ2n) is 7.21. The molecule has 1 fully saturated rings. The molecule has 4 rings (SSSR count). The first-order chi connectivity index (χ1) is 12.2. The molecule has 0 aromatic heterocycles. The van der Waals surface area contributed by atoms with Crippen LogP contribution in [0.3, 0.4) is 0 Å². The molecule has 25 heavy (non-hydrogen) atoms. The Hall–Kier alpha value is -1.36. The van der Waals surface area contributed by atoms with Gasteiger partial charge in [-0.05, 0) is 38.4 Å². The highest BCUT2D eigenvalue weighted by molar-refractivity contribution is 6.30. The number of ether oxygens (including phenoxy) is 1. The largest absolute Gasteiger partial charge is 0.379 e. The van der Waals surface area contributed by atoms with Crippen molar-refractivity contribution in [1.29, 1.82) is 0 Å². The van der Waals surface area contributed by atoms with E-state index < -0.39 is 0 Å². The Morgan fingerprint density at radius 1 is 1.32 bits per heavy atom. The third-order valence-electron chi connectivity index (χ3n) is 5.62. The van der Waals surface area contributed by atoms with E-state index >= 15 is 0 Å². The lowest BCUT2D eigenvalue weighted by atomic mass is 9.73. The molecule has 1 saturated heterocycles. The molecule has 1 aliphatic carbocycles. The summed E-state index contributed by atoms with van der Waals surface area (Å²) in [4.78, 5) is 0. The molecule has 5 heteroatoms. The molecule has 0 spiro atoms. The zero-order valence-electron chi connectivity index (χ0n) is 14.3. The maximum absolute atomic E-state index is 14.6. The van der Waals surface area contributed by atoms with Gasteiger partial charge in [-0.15, -0.1) is 0 Å². The summed E-state index contributed by atoms with van der Waals surface area (Å²) in [7, 11) is 1.93. The van der Waals surface area contributed by atoms with E-state index in [1.807, 2.05) is 13.1 Å². The monoisotopic (exact) mass is 362 g/mol. The van der Waals surface area contributed by atoms with E-state index in [9.17, 15) is 4.39 Å². The van der Waals surface area contributed by atoms with Gasteiger partial charge in [0, 0.05) is 35.0 Å². The number of halogens is 2. The van der Waals surface area contributed by atoms with Gasteiger partial charge in [0.05, 0.1) is 17.9 Å². The predicted molar refractivity (Wildman–Crippen MR) is 99.5 cm³/mol. The summed E-state index contributed by atoms with van der Waals surface area (Å²) >= 11 is 6.14. The summed E-state index contributed by atoms with van der Waals surface area (Å²) in [6.07, 6.45) is 11.7. The van der Waals surface area contributed by atoms with Crippen molar-refractivity contribution < 1.29 is 9.13 Å². The van der Waals surface area contributed by atoms with Gasteiger partial charge in [-0.1, -0.05) is 35.9 Å². The minimum Gasteiger partial charge on any atom is -0.379 e. The quantitative estimate of drug-likeness (QED) is 0.832. The van der Waals surface area contributed by atoms with Gasteiger partial charge in [-0.2, -0.15) is 0 Å². The van der Waals surface area contributed by atoms with Crippen molar-refractivity contribution in [2.45, 2.75) is 37.5 Å². The van der Waals surface area contributed by atoms with Crippen molar-refractivity contribution in [3.8, 4) is 0 Å². The summed E-state index contributed by atoms with van der Waals surface area (Å²) in [6.45, 7) is 0.811. The zero-order valence-corrected chi connectivity index (χ0v) is 15.1. The van der Waals surface area contributed by atoms with Crippen LogP contribution in [-0.2, 0) is 4.74 Å². The number of allylic oxidation sites excluding steroid dienone is 3. The molecule has 3 nitrogen and oxygen atoms in total. The highest BCUT2D eigenvalue weighted by Crippen LogP contribution is 2.49. The third-order valence-corrected chi connectivity index (χ3v) is 5.84. The lowest BCUT2D eigenvalue weighted by Gasteiger charge is -2.47. The van der Waals surface area contributed by atoms with Crippen LogP contribution in [0, 0.1) is 17.7 Å². The smallest absolute Gasteiger partial charge is 0.148 e. The van der Waals surface area contributed by atoms with Crippen LogP contribution in [0.2, 0.25) is 5.02 Å².